The highest BCUT2D eigenvalue weighted by Crippen LogP contribution is 2.23. The van der Waals surface area contributed by atoms with E-state index in [1.54, 1.807) is 28.0 Å². The summed E-state index contributed by atoms with van der Waals surface area (Å²) >= 11 is 0. The van der Waals surface area contributed by atoms with Crippen molar-refractivity contribution >= 4 is 11.7 Å². The van der Waals surface area contributed by atoms with Crippen molar-refractivity contribution in [1.29, 1.82) is 0 Å². The number of carbonyl (C=O) groups excluding carboxylic acids is 1. The molecule has 1 fully saturated rings. The fourth-order valence-corrected chi connectivity index (χ4v) is 3.26. The molecule has 8 nitrogen and oxygen atoms in total. The van der Waals surface area contributed by atoms with Gasteiger partial charge in [-0.25, -0.2) is 14.3 Å². The van der Waals surface area contributed by atoms with E-state index in [-0.39, 0.29) is 12.2 Å². The lowest BCUT2D eigenvalue weighted by molar-refractivity contribution is 0.0275. The second-order valence-electron chi connectivity index (χ2n) is 8.27. The summed E-state index contributed by atoms with van der Waals surface area (Å²) in [6, 6.07) is 3.78. The van der Waals surface area contributed by atoms with Crippen LogP contribution < -0.4 is 4.74 Å². The maximum Gasteiger partial charge on any atom is 0.410 e. The van der Waals surface area contributed by atoms with Crippen LogP contribution >= 0.6 is 0 Å². The zero-order chi connectivity index (χ0) is 20.6. The number of pyridine rings is 1. The van der Waals surface area contributed by atoms with E-state index in [1.807, 2.05) is 46.0 Å². The Morgan fingerprint density at radius 2 is 2.00 bits per heavy atom. The molecule has 1 saturated heterocycles. The maximum absolute atomic E-state index is 12.2. The monoisotopic (exact) mass is 395 g/mol. The molecule has 1 aliphatic rings. The molecule has 152 valence electrons. The second kappa shape index (κ2) is 7.35. The Morgan fingerprint density at radius 3 is 2.72 bits per heavy atom. The van der Waals surface area contributed by atoms with E-state index in [0.717, 1.165) is 28.9 Å². The van der Waals surface area contributed by atoms with Crippen molar-refractivity contribution in [3.63, 3.8) is 0 Å². The minimum Gasteiger partial charge on any atom is -0.487 e. The van der Waals surface area contributed by atoms with E-state index >= 15 is 0 Å². The van der Waals surface area contributed by atoms with Gasteiger partial charge in [-0.1, -0.05) is 0 Å². The first kappa shape index (κ1) is 19.2. The van der Waals surface area contributed by atoms with Gasteiger partial charge in [0, 0.05) is 36.5 Å². The van der Waals surface area contributed by atoms with Crippen LogP contribution in [0.4, 0.5) is 4.79 Å². The summed E-state index contributed by atoms with van der Waals surface area (Å²) in [6.07, 6.45) is 7.59. The molecule has 0 bridgehead atoms. The highest BCUT2D eigenvalue weighted by atomic mass is 16.6. The van der Waals surface area contributed by atoms with Crippen molar-refractivity contribution in [1.82, 2.24) is 24.5 Å². The van der Waals surface area contributed by atoms with Gasteiger partial charge in [0.15, 0.2) is 5.65 Å². The van der Waals surface area contributed by atoms with Gasteiger partial charge >= 0.3 is 6.09 Å². The average Bonchev–Trinajstić information content (AvgIpc) is 3.28. The van der Waals surface area contributed by atoms with Crippen LogP contribution in [0.25, 0.3) is 16.9 Å². The van der Waals surface area contributed by atoms with Crippen LogP contribution in [0.2, 0.25) is 0 Å². The fraction of sp³-hybridized carbons (Fsp3) is 0.429. The van der Waals surface area contributed by atoms with Gasteiger partial charge in [-0.15, -0.1) is 0 Å². The Kier molecular flexibility index (Phi) is 4.86. The molecule has 4 rings (SSSR count). The highest BCUT2D eigenvalue weighted by Gasteiger charge is 2.30. The van der Waals surface area contributed by atoms with Crippen LogP contribution in [0, 0.1) is 6.92 Å². The molecular formula is C21H25N5O3. The molecular weight excluding hydrogens is 370 g/mol. The molecule has 0 spiro atoms. The van der Waals surface area contributed by atoms with Crippen LogP contribution in [-0.4, -0.2) is 55.4 Å². The number of rotatable bonds is 3. The van der Waals surface area contributed by atoms with E-state index in [2.05, 4.69) is 15.1 Å². The van der Waals surface area contributed by atoms with Crippen molar-refractivity contribution in [2.24, 2.45) is 0 Å². The Bertz CT molecular complexity index is 1020. The average molecular weight is 395 g/mol. The first-order chi connectivity index (χ1) is 13.8. The number of carbonyl (C=O) groups is 1. The number of likely N-dealkylation sites (tertiary alicyclic amines) is 1. The van der Waals surface area contributed by atoms with Crippen LogP contribution in [0.1, 0.15) is 32.8 Å². The van der Waals surface area contributed by atoms with Crippen molar-refractivity contribution in [3.8, 4) is 17.0 Å². The molecule has 0 radical (unpaired) electrons. The molecule has 1 amide bonds. The summed E-state index contributed by atoms with van der Waals surface area (Å²) in [5.41, 5.74) is 3.04. The van der Waals surface area contributed by atoms with Gasteiger partial charge < -0.3 is 14.4 Å². The number of amides is 1. The zero-order valence-corrected chi connectivity index (χ0v) is 17.1. The quantitative estimate of drug-likeness (QED) is 0.675. The van der Waals surface area contributed by atoms with Crippen molar-refractivity contribution in [2.45, 2.75) is 45.8 Å². The molecule has 0 saturated carbocycles. The third-order valence-electron chi connectivity index (χ3n) is 4.66. The van der Waals surface area contributed by atoms with Crippen molar-refractivity contribution in [3.05, 3.63) is 42.5 Å². The molecule has 4 heterocycles. The van der Waals surface area contributed by atoms with Gasteiger partial charge in [-0.05, 0) is 39.8 Å². The third-order valence-corrected chi connectivity index (χ3v) is 4.66. The molecule has 3 aromatic rings. The van der Waals surface area contributed by atoms with Crippen LogP contribution in [0.5, 0.6) is 5.75 Å². The van der Waals surface area contributed by atoms with Gasteiger partial charge in [0.1, 0.15) is 17.5 Å². The molecule has 29 heavy (non-hydrogen) atoms. The van der Waals surface area contributed by atoms with Gasteiger partial charge in [-0.2, -0.15) is 5.10 Å². The van der Waals surface area contributed by atoms with Crippen LogP contribution in [-0.2, 0) is 4.74 Å². The minimum absolute atomic E-state index is 0.0692. The lowest BCUT2D eigenvalue weighted by atomic mass is 10.2. The summed E-state index contributed by atoms with van der Waals surface area (Å²) in [4.78, 5) is 22.8. The van der Waals surface area contributed by atoms with E-state index < -0.39 is 5.60 Å². The molecule has 1 unspecified atom stereocenters. The smallest absolute Gasteiger partial charge is 0.410 e. The van der Waals surface area contributed by atoms with Gasteiger partial charge in [-0.3, -0.25) is 4.98 Å². The maximum atomic E-state index is 12.2. The first-order valence-electron chi connectivity index (χ1n) is 9.69. The Labute approximate surface area is 169 Å². The number of fused-ring (bicyclic) bond motifs is 1. The number of aromatic nitrogens is 4. The number of hydrogen-bond donors (Lipinski definition) is 0. The topological polar surface area (TPSA) is 81.9 Å². The largest absolute Gasteiger partial charge is 0.487 e. The molecule has 0 aliphatic carbocycles. The standard InChI is InChI=1S/C21H25N5O3/c1-14-9-24-26-12-15(10-23-19(14)26)18-6-5-16(11-22-18)28-17-7-8-25(13-17)20(27)29-21(2,3)4/h5-6,9-12,17H,7-8,13H2,1-4H3. The van der Waals surface area contributed by atoms with E-state index in [4.69, 9.17) is 9.47 Å². The van der Waals surface area contributed by atoms with Crippen molar-refractivity contribution in [2.75, 3.05) is 13.1 Å². The Hall–Kier alpha value is -3.16. The molecule has 1 aliphatic heterocycles. The Balaban J connectivity index is 1.39. The SMILES string of the molecule is Cc1cnn2cc(-c3ccc(OC4CCN(C(=O)OC(C)(C)C)C4)cn3)cnc12. The van der Waals surface area contributed by atoms with E-state index in [0.29, 0.717) is 18.8 Å². The molecule has 0 N–H and O–H groups in total. The van der Waals surface area contributed by atoms with E-state index in [9.17, 15) is 4.79 Å². The predicted molar refractivity (Wildman–Crippen MR) is 108 cm³/mol. The first-order valence-corrected chi connectivity index (χ1v) is 9.69. The summed E-state index contributed by atoms with van der Waals surface area (Å²) < 4.78 is 13.2. The molecule has 1 atom stereocenters. The molecule has 8 heteroatoms. The van der Waals surface area contributed by atoms with Gasteiger partial charge in [0.2, 0.25) is 0 Å². The van der Waals surface area contributed by atoms with Gasteiger partial charge in [0.25, 0.3) is 0 Å². The summed E-state index contributed by atoms with van der Waals surface area (Å²) in [5.74, 6) is 0.675. The summed E-state index contributed by atoms with van der Waals surface area (Å²) in [5, 5.41) is 4.29. The third kappa shape index (κ3) is 4.31. The normalized spacial score (nSPS) is 17.0. The predicted octanol–water partition coefficient (Wildman–Crippen LogP) is 3.49. The van der Waals surface area contributed by atoms with Gasteiger partial charge in [0.05, 0.1) is 24.6 Å². The van der Waals surface area contributed by atoms with Crippen LogP contribution in [0.3, 0.4) is 0 Å². The van der Waals surface area contributed by atoms with Crippen molar-refractivity contribution < 1.29 is 14.3 Å². The number of aryl methyl sites for hydroxylation is 1. The second-order valence-corrected chi connectivity index (χ2v) is 8.27. The Morgan fingerprint density at radius 1 is 1.17 bits per heavy atom. The van der Waals surface area contributed by atoms with E-state index in [1.165, 1.54) is 0 Å². The molecule has 3 aromatic heterocycles. The zero-order valence-electron chi connectivity index (χ0n) is 17.1. The number of hydrogen-bond acceptors (Lipinski definition) is 6. The van der Waals surface area contributed by atoms with Crippen LogP contribution in [0.15, 0.2) is 36.9 Å². The number of ether oxygens (including phenoxy) is 2. The number of nitrogens with zero attached hydrogens (tertiary/aromatic N) is 5. The fourth-order valence-electron chi connectivity index (χ4n) is 3.26. The summed E-state index contributed by atoms with van der Waals surface area (Å²) in [6.45, 7) is 8.71. The lowest BCUT2D eigenvalue weighted by Gasteiger charge is -2.24. The highest BCUT2D eigenvalue weighted by molar-refractivity contribution is 5.68. The molecule has 0 aromatic carbocycles. The minimum atomic E-state index is -0.498. The lowest BCUT2D eigenvalue weighted by Crippen LogP contribution is -2.36. The summed E-state index contributed by atoms with van der Waals surface area (Å²) in [7, 11) is 0.